The Balaban J connectivity index is 1.40. The molecule has 26 heavy (non-hydrogen) atoms. The third-order valence-corrected chi connectivity index (χ3v) is 5.55. The van der Waals surface area contributed by atoms with E-state index < -0.39 is 0 Å². The van der Waals surface area contributed by atoms with Crippen LogP contribution in [0.1, 0.15) is 59.8 Å². The second-order valence-electron chi connectivity index (χ2n) is 6.43. The van der Waals surface area contributed by atoms with Crippen LogP contribution in [0.2, 0.25) is 0 Å². The molecule has 0 unspecified atom stereocenters. The van der Waals surface area contributed by atoms with Gasteiger partial charge in [0.2, 0.25) is 0 Å². The van der Waals surface area contributed by atoms with E-state index in [1.54, 1.807) is 24.7 Å². The molecule has 7 nitrogen and oxygen atoms in total. The largest absolute Gasteiger partial charge is 0.346 e. The van der Waals surface area contributed by atoms with Crippen molar-refractivity contribution in [3.05, 3.63) is 47.0 Å². The van der Waals surface area contributed by atoms with Gasteiger partial charge in [0, 0.05) is 23.7 Å². The van der Waals surface area contributed by atoms with E-state index in [9.17, 15) is 4.79 Å². The first kappa shape index (κ1) is 16.8. The predicted molar refractivity (Wildman–Crippen MR) is 98.7 cm³/mol. The van der Waals surface area contributed by atoms with Crippen LogP contribution in [0.25, 0.3) is 10.8 Å². The predicted octanol–water partition coefficient (Wildman–Crippen LogP) is 3.30. The minimum atomic E-state index is -0.107. The van der Waals surface area contributed by atoms with Gasteiger partial charge in [0.15, 0.2) is 10.8 Å². The Morgan fingerprint density at radius 3 is 2.85 bits per heavy atom. The van der Waals surface area contributed by atoms with Crippen molar-refractivity contribution in [1.82, 2.24) is 30.5 Å². The zero-order chi connectivity index (χ0) is 17.8. The molecule has 0 radical (unpaired) electrons. The number of hydrogen-bond acceptors (Lipinski definition) is 6. The maximum atomic E-state index is 12.6. The first-order chi connectivity index (χ1) is 12.8. The molecule has 1 saturated carbocycles. The fourth-order valence-corrected chi connectivity index (χ4v) is 4.11. The molecule has 8 heteroatoms. The van der Waals surface area contributed by atoms with Crippen molar-refractivity contribution in [1.29, 1.82) is 0 Å². The van der Waals surface area contributed by atoms with Gasteiger partial charge in [-0.3, -0.25) is 9.89 Å². The summed E-state index contributed by atoms with van der Waals surface area (Å²) in [6.45, 7) is 0.372. The molecular weight excluding hydrogens is 348 g/mol. The number of carbonyl (C=O) groups excluding carboxylic acids is 1. The first-order valence-corrected chi connectivity index (χ1v) is 9.72. The molecule has 0 bridgehead atoms. The quantitative estimate of drug-likeness (QED) is 0.720. The summed E-state index contributed by atoms with van der Waals surface area (Å²) in [7, 11) is 0. The summed E-state index contributed by atoms with van der Waals surface area (Å²) >= 11 is 1.47. The highest BCUT2D eigenvalue weighted by atomic mass is 32.1. The fraction of sp³-hybridized carbons (Fsp3) is 0.389. The van der Waals surface area contributed by atoms with E-state index in [4.69, 9.17) is 0 Å². The number of aromatic nitrogens is 5. The van der Waals surface area contributed by atoms with Gasteiger partial charge in [-0.2, -0.15) is 5.10 Å². The molecule has 1 aliphatic rings. The van der Waals surface area contributed by atoms with Crippen LogP contribution in [-0.4, -0.2) is 31.1 Å². The lowest BCUT2D eigenvalue weighted by Crippen LogP contribution is -2.24. The van der Waals surface area contributed by atoms with Gasteiger partial charge in [-0.25, -0.2) is 15.0 Å². The van der Waals surface area contributed by atoms with Crippen LogP contribution in [0.3, 0.4) is 0 Å². The molecule has 0 saturated heterocycles. The number of amides is 1. The van der Waals surface area contributed by atoms with E-state index in [2.05, 4.69) is 30.5 Å². The SMILES string of the molecule is O=C(NCc1csc(-c2ncccn2)n1)c1cn[nH]c1C1CCCCC1. The van der Waals surface area contributed by atoms with Crippen molar-refractivity contribution in [3.8, 4) is 10.8 Å². The molecule has 0 aliphatic heterocycles. The van der Waals surface area contributed by atoms with Gasteiger partial charge in [0.1, 0.15) is 0 Å². The zero-order valence-electron chi connectivity index (χ0n) is 14.3. The molecule has 0 atom stereocenters. The Kier molecular flexibility index (Phi) is 5.01. The van der Waals surface area contributed by atoms with Gasteiger partial charge in [0.05, 0.1) is 29.7 Å². The Bertz CT molecular complexity index is 869. The van der Waals surface area contributed by atoms with Crippen molar-refractivity contribution in [2.45, 2.75) is 44.6 Å². The Morgan fingerprint density at radius 2 is 2.04 bits per heavy atom. The summed E-state index contributed by atoms with van der Waals surface area (Å²) in [5.41, 5.74) is 2.42. The minimum absolute atomic E-state index is 0.107. The number of carbonyl (C=O) groups is 1. The number of aromatic amines is 1. The lowest BCUT2D eigenvalue weighted by molar-refractivity contribution is 0.0949. The second-order valence-corrected chi connectivity index (χ2v) is 7.29. The normalized spacial score (nSPS) is 15.1. The van der Waals surface area contributed by atoms with Gasteiger partial charge < -0.3 is 5.32 Å². The van der Waals surface area contributed by atoms with Crippen LogP contribution in [0, 0.1) is 0 Å². The standard InChI is InChI=1S/C18H20N6OS/c25-17(14-10-22-24-15(14)12-5-2-1-3-6-12)21-9-13-11-26-18(23-13)16-19-7-4-8-20-16/h4,7-8,10-12H,1-3,5-6,9H2,(H,21,25)(H,22,24). The van der Waals surface area contributed by atoms with Gasteiger partial charge in [-0.1, -0.05) is 19.3 Å². The highest BCUT2D eigenvalue weighted by Crippen LogP contribution is 2.33. The lowest BCUT2D eigenvalue weighted by atomic mass is 9.85. The number of H-pyrrole nitrogens is 1. The highest BCUT2D eigenvalue weighted by Gasteiger charge is 2.23. The summed E-state index contributed by atoms with van der Waals surface area (Å²) in [6.07, 6.45) is 11.0. The molecule has 3 aromatic heterocycles. The van der Waals surface area contributed by atoms with E-state index in [0.29, 0.717) is 23.9 Å². The third-order valence-electron chi connectivity index (χ3n) is 4.67. The molecule has 1 fully saturated rings. The molecule has 3 heterocycles. The average Bonchev–Trinajstić information content (AvgIpc) is 3.37. The number of hydrogen-bond donors (Lipinski definition) is 2. The molecule has 0 spiro atoms. The maximum absolute atomic E-state index is 12.6. The van der Waals surface area contributed by atoms with E-state index >= 15 is 0 Å². The number of rotatable bonds is 5. The van der Waals surface area contributed by atoms with Crippen molar-refractivity contribution in [2.24, 2.45) is 0 Å². The second kappa shape index (κ2) is 7.74. The van der Waals surface area contributed by atoms with Crippen LogP contribution in [0.15, 0.2) is 30.0 Å². The maximum Gasteiger partial charge on any atom is 0.255 e. The number of nitrogens with zero attached hydrogens (tertiary/aromatic N) is 4. The van der Waals surface area contributed by atoms with Gasteiger partial charge in [-0.05, 0) is 18.9 Å². The van der Waals surface area contributed by atoms with Crippen LogP contribution >= 0.6 is 11.3 Å². The number of nitrogens with one attached hydrogen (secondary N) is 2. The molecule has 1 amide bonds. The molecular formula is C18H20N6OS. The van der Waals surface area contributed by atoms with Crippen molar-refractivity contribution in [3.63, 3.8) is 0 Å². The zero-order valence-corrected chi connectivity index (χ0v) is 15.1. The Hall–Kier alpha value is -2.61. The monoisotopic (exact) mass is 368 g/mol. The van der Waals surface area contributed by atoms with E-state index in [1.807, 2.05) is 5.38 Å². The summed E-state index contributed by atoms with van der Waals surface area (Å²) in [6, 6.07) is 1.77. The summed E-state index contributed by atoms with van der Waals surface area (Å²) < 4.78 is 0. The van der Waals surface area contributed by atoms with Gasteiger partial charge in [-0.15, -0.1) is 11.3 Å². The number of thiazole rings is 1. The van der Waals surface area contributed by atoms with Crippen LogP contribution in [-0.2, 0) is 6.54 Å². The summed E-state index contributed by atoms with van der Waals surface area (Å²) in [4.78, 5) is 25.5. The van der Waals surface area contributed by atoms with Crippen molar-refractivity contribution >= 4 is 17.2 Å². The van der Waals surface area contributed by atoms with E-state index in [1.165, 1.54) is 30.6 Å². The highest BCUT2D eigenvalue weighted by molar-refractivity contribution is 7.13. The van der Waals surface area contributed by atoms with Crippen LogP contribution < -0.4 is 5.32 Å². The molecule has 0 aromatic carbocycles. The first-order valence-electron chi connectivity index (χ1n) is 8.84. The molecule has 2 N–H and O–H groups in total. The van der Waals surface area contributed by atoms with Crippen molar-refractivity contribution in [2.75, 3.05) is 0 Å². The fourth-order valence-electron chi connectivity index (χ4n) is 3.35. The van der Waals surface area contributed by atoms with Crippen LogP contribution in [0.5, 0.6) is 0 Å². The molecule has 1 aliphatic carbocycles. The lowest BCUT2D eigenvalue weighted by Gasteiger charge is -2.21. The molecule has 134 valence electrons. The van der Waals surface area contributed by atoms with Gasteiger partial charge >= 0.3 is 0 Å². The average molecular weight is 368 g/mol. The molecule has 4 rings (SSSR count). The van der Waals surface area contributed by atoms with E-state index in [-0.39, 0.29) is 5.91 Å². The third kappa shape index (κ3) is 3.65. The topological polar surface area (TPSA) is 96.5 Å². The van der Waals surface area contributed by atoms with Crippen LogP contribution in [0.4, 0.5) is 0 Å². The molecule has 3 aromatic rings. The van der Waals surface area contributed by atoms with E-state index in [0.717, 1.165) is 29.2 Å². The summed E-state index contributed by atoms with van der Waals surface area (Å²) in [5.74, 6) is 0.905. The smallest absolute Gasteiger partial charge is 0.255 e. The Morgan fingerprint density at radius 1 is 1.23 bits per heavy atom. The van der Waals surface area contributed by atoms with Gasteiger partial charge in [0.25, 0.3) is 5.91 Å². The Labute approximate surface area is 155 Å². The van der Waals surface area contributed by atoms with Crippen molar-refractivity contribution < 1.29 is 4.79 Å². The minimum Gasteiger partial charge on any atom is -0.346 e. The summed E-state index contributed by atoms with van der Waals surface area (Å²) in [5, 5.41) is 12.8.